The van der Waals surface area contributed by atoms with Crippen molar-refractivity contribution in [2.45, 2.75) is 32.9 Å². The number of halogens is 2. The minimum absolute atomic E-state index is 0.0198. The summed E-state index contributed by atoms with van der Waals surface area (Å²) in [5, 5.41) is 0. The molecule has 0 amide bonds. The Labute approximate surface area is 163 Å². The quantitative estimate of drug-likeness (QED) is 0.536. The summed E-state index contributed by atoms with van der Waals surface area (Å²) in [6.45, 7) is 6.05. The highest BCUT2D eigenvalue weighted by Gasteiger charge is 2.32. The molecule has 2 nitrogen and oxygen atoms in total. The number of benzene rings is 3. The van der Waals surface area contributed by atoms with Gasteiger partial charge in [-0.1, -0.05) is 48.5 Å². The Balaban J connectivity index is 1.64. The van der Waals surface area contributed by atoms with Gasteiger partial charge in [-0.2, -0.15) is 0 Å². The highest BCUT2D eigenvalue weighted by atomic mass is 19.1. The van der Waals surface area contributed by atoms with Crippen LogP contribution in [0.25, 0.3) is 11.1 Å². The van der Waals surface area contributed by atoms with Crippen molar-refractivity contribution < 1.29 is 13.5 Å². The third-order valence-electron chi connectivity index (χ3n) is 5.27. The van der Waals surface area contributed by atoms with Gasteiger partial charge in [0.25, 0.3) is 0 Å². The first-order valence-corrected chi connectivity index (χ1v) is 9.30. The van der Waals surface area contributed by atoms with Gasteiger partial charge in [-0.25, -0.2) is 13.8 Å². The predicted molar refractivity (Wildman–Crippen MR) is 108 cm³/mol. The molecule has 4 rings (SSSR count). The highest BCUT2D eigenvalue weighted by molar-refractivity contribution is 5.96. The summed E-state index contributed by atoms with van der Waals surface area (Å²) in [4.78, 5) is 4.47. The molecule has 0 aliphatic carbocycles. The van der Waals surface area contributed by atoms with Crippen LogP contribution in [0.15, 0.2) is 65.7 Å². The van der Waals surface area contributed by atoms with Gasteiger partial charge >= 0.3 is 0 Å². The lowest BCUT2D eigenvalue weighted by Gasteiger charge is -2.14. The number of nitrogens with zero attached hydrogens (tertiary/aromatic N) is 1. The number of hydrogen-bond acceptors (Lipinski definition) is 2. The standard InChI is InChI=1S/C24H21F2NO/c1-14-7-8-19(13-15(14)2)17-9-11-18(12-10-17)23-16(3)28-24(27-23)22-20(25)5-4-6-21(22)26/h4-13,16,23H,1-3H3/t16-,23-/m0/s1. The summed E-state index contributed by atoms with van der Waals surface area (Å²) >= 11 is 0. The molecular weight excluding hydrogens is 356 g/mol. The highest BCUT2D eigenvalue weighted by Crippen LogP contribution is 2.33. The fraction of sp³-hybridized carbons (Fsp3) is 0.208. The fourth-order valence-electron chi connectivity index (χ4n) is 3.47. The first kappa shape index (κ1) is 18.4. The molecule has 0 N–H and O–H groups in total. The van der Waals surface area contributed by atoms with Crippen LogP contribution in [0.1, 0.15) is 35.2 Å². The van der Waals surface area contributed by atoms with Gasteiger partial charge < -0.3 is 4.74 Å². The Morgan fingerprint density at radius 3 is 2.11 bits per heavy atom. The third-order valence-corrected chi connectivity index (χ3v) is 5.27. The first-order chi connectivity index (χ1) is 13.4. The average molecular weight is 377 g/mol. The third kappa shape index (κ3) is 3.31. The van der Waals surface area contributed by atoms with Crippen molar-refractivity contribution in [3.8, 4) is 11.1 Å². The summed E-state index contributed by atoms with van der Waals surface area (Å²) in [5.74, 6) is -1.32. The second-order valence-corrected chi connectivity index (χ2v) is 7.22. The van der Waals surface area contributed by atoms with Gasteiger partial charge in [0.2, 0.25) is 5.90 Å². The number of rotatable bonds is 3. The molecule has 28 heavy (non-hydrogen) atoms. The topological polar surface area (TPSA) is 21.6 Å². The van der Waals surface area contributed by atoms with Crippen LogP contribution in [0.3, 0.4) is 0 Å². The Hall–Kier alpha value is -3.01. The lowest BCUT2D eigenvalue weighted by Crippen LogP contribution is -2.14. The van der Waals surface area contributed by atoms with Crippen molar-refractivity contribution >= 4 is 5.90 Å². The van der Waals surface area contributed by atoms with E-state index in [1.165, 1.54) is 29.3 Å². The molecule has 0 aromatic heterocycles. The monoisotopic (exact) mass is 377 g/mol. The maximum atomic E-state index is 14.1. The van der Waals surface area contributed by atoms with Gasteiger partial charge in [-0.15, -0.1) is 0 Å². The Kier molecular flexibility index (Phi) is 4.71. The molecule has 0 spiro atoms. The van der Waals surface area contributed by atoms with Crippen LogP contribution in [0, 0.1) is 25.5 Å². The van der Waals surface area contributed by atoms with E-state index in [4.69, 9.17) is 4.74 Å². The van der Waals surface area contributed by atoms with Crippen molar-refractivity contribution in [2.24, 2.45) is 4.99 Å². The van der Waals surface area contributed by atoms with Crippen LogP contribution in [0.4, 0.5) is 8.78 Å². The van der Waals surface area contributed by atoms with Gasteiger partial charge in [0.05, 0.1) is 0 Å². The molecule has 0 saturated heterocycles. The molecule has 0 bridgehead atoms. The number of aryl methyl sites for hydroxylation is 2. The predicted octanol–water partition coefficient (Wildman–Crippen LogP) is 6.16. The molecule has 0 fully saturated rings. The van der Waals surface area contributed by atoms with Crippen LogP contribution in [0.2, 0.25) is 0 Å². The van der Waals surface area contributed by atoms with E-state index in [1.54, 1.807) is 0 Å². The lowest BCUT2D eigenvalue weighted by atomic mass is 9.97. The van der Waals surface area contributed by atoms with E-state index in [9.17, 15) is 8.78 Å². The Morgan fingerprint density at radius 2 is 1.46 bits per heavy atom. The van der Waals surface area contributed by atoms with Gasteiger partial charge in [0.15, 0.2) is 0 Å². The molecule has 3 aromatic rings. The van der Waals surface area contributed by atoms with Crippen LogP contribution < -0.4 is 0 Å². The van der Waals surface area contributed by atoms with E-state index >= 15 is 0 Å². The van der Waals surface area contributed by atoms with Crippen molar-refractivity contribution in [2.75, 3.05) is 0 Å². The summed E-state index contributed by atoms with van der Waals surface area (Å²) in [5.41, 5.74) is 5.53. The van der Waals surface area contributed by atoms with Gasteiger partial charge in [-0.05, 0) is 60.7 Å². The van der Waals surface area contributed by atoms with Crippen LogP contribution in [-0.2, 0) is 4.74 Å². The summed E-state index contributed by atoms with van der Waals surface area (Å²) in [7, 11) is 0. The maximum absolute atomic E-state index is 14.1. The van der Waals surface area contributed by atoms with Gasteiger partial charge in [-0.3, -0.25) is 0 Å². The molecule has 0 radical (unpaired) electrons. The van der Waals surface area contributed by atoms with Crippen molar-refractivity contribution in [1.82, 2.24) is 0 Å². The van der Waals surface area contributed by atoms with Crippen LogP contribution in [-0.4, -0.2) is 12.0 Å². The zero-order valence-corrected chi connectivity index (χ0v) is 16.0. The van der Waals surface area contributed by atoms with Crippen molar-refractivity contribution in [1.29, 1.82) is 0 Å². The largest absolute Gasteiger partial charge is 0.472 e. The molecule has 4 heteroatoms. The molecule has 1 aliphatic heterocycles. The zero-order chi connectivity index (χ0) is 19.8. The van der Waals surface area contributed by atoms with Crippen LogP contribution >= 0.6 is 0 Å². The second-order valence-electron chi connectivity index (χ2n) is 7.22. The van der Waals surface area contributed by atoms with Crippen molar-refractivity contribution in [3.05, 3.63) is 94.6 Å². The number of hydrogen-bond donors (Lipinski definition) is 0. The maximum Gasteiger partial charge on any atom is 0.223 e. The Bertz CT molecular complexity index is 1040. The summed E-state index contributed by atoms with van der Waals surface area (Å²) in [6.07, 6.45) is -0.304. The molecular formula is C24H21F2NO. The first-order valence-electron chi connectivity index (χ1n) is 9.30. The molecule has 0 saturated carbocycles. The number of aliphatic imine (C=N–C) groups is 1. The van der Waals surface area contributed by atoms with E-state index in [1.807, 2.05) is 31.2 Å². The normalized spacial score (nSPS) is 18.7. The average Bonchev–Trinajstić information content (AvgIpc) is 3.05. The van der Waals surface area contributed by atoms with E-state index in [2.05, 4.69) is 37.0 Å². The number of ether oxygens (including phenoxy) is 1. The molecule has 2 atom stereocenters. The molecule has 142 valence electrons. The van der Waals surface area contributed by atoms with Gasteiger partial charge in [0, 0.05) is 0 Å². The fourth-order valence-corrected chi connectivity index (χ4v) is 3.47. The smallest absolute Gasteiger partial charge is 0.223 e. The summed E-state index contributed by atoms with van der Waals surface area (Å²) in [6, 6.07) is 17.9. The van der Waals surface area contributed by atoms with Gasteiger partial charge in [0.1, 0.15) is 29.3 Å². The second kappa shape index (κ2) is 7.19. The van der Waals surface area contributed by atoms with Crippen molar-refractivity contribution in [3.63, 3.8) is 0 Å². The minimum atomic E-state index is -0.670. The molecule has 1 heterocycles. The summed E-state index contributed by atoms with van der Waals surface area (Å²) < 4.78 is 33.8. The molecule has 0 unspecified atom stereocenters. The van der Waals surface area contributed by atoms with Crippen LogP contribution in [0.5, 0.6) is 0 Å². The SMILES string of the molecule is Cc1ccc(-c2ccc([C@H]3N=C(c4c(F)cccc4F)O[C@H]3C)cc2)cc1C. The lowest BCUT2D eigenvalue weighted by molar-refractivity contribution is 0.213. The van der Waals surface area contributed by atoms with E-state index < -0.39 is 11.6 Å². The molecule has 1 aliphatic rings. The van der Waals surface area contributed by atoms with E-state index in [-0.39, 0.29) is 23.6 Å². The Morgan fingerprint density at radius 1 is 0.821 bits per heavy atom. The zero-order valence-electron chi connectivity index (χ0n) is 16.0. The van der Waals surface area contributed by atoms with E-state index in [0.29, 0.717) is 0 Å². The van der Waals surface area contributed by atoms with E-state index in [0.717, 1.165) is 16.7 Å². The molecule has 3 aromatic carbocycles. The minimum Gasteiger partial charge on any atom is -0.472 e.